The smallest absolute Gasteiger partial charge is 0.314 e. The van der Waals surface area contributed by atoms with E-state index in [1.807, 2.05) is 114 Å². The number of hydrogen-bond acceptors (Lipinski definition) is 6. The van der Waals surface area contributed by atoms with E-state index in [1.165, 1.54) is 5.57 Å². The van der Waals surface area contributed by atoms with Crippen LogP contribution in [0.4, 0.5) is 0 Å². The zero-order chi connectivity index (χ0) is 40.8. The molecule has 0 heterocycles. The highest BCUT2D eigenvalue weighted by Gasteiger charge is 2.42. The quantitative estimate of drug-likeness (QED) is 0.0467. The molecule has 4 aromatic rings. The third-order valence-electron chi connectivity index (χ3n) is 9.65. The van der Waals surface area contributed by atoms with Crippen LogP contribution in [0, 0.1) is 11.3 Å². The van der Waals surface area contributed by atoms with E-state index in [0.717, 1.165) is 33.5 Å². The van der Waals surface area contributed by atoms with E-state index in [0.29, 0.717) is 30.4 Å². The van der Waals surface area contributed by atoms with Crippen LogP contribution in [0.25, 0.3) is 21.5 Å². The second-order valence-corrected chi connectivity index (χ2v) is 14.9. The Balaban J connectivity index is 0.000000297. The van der Waals surface area contributed by atoms with Gasteiger partial charge in [0.25, 0.3) is 0 Å². The van der Waals surface area contributed by atoms with Gasteiger partial charge in [-0.15, -0.1) is 6.58 Å². The van der Waals surface area contributed by atoms with Crippen molar-refractivity contribution in [3.8, 4) is 0 Å². The average Bonchev–Trinajstić information content (AvgIpc) is 3.14. The van der Waals surface area contributed by atoms with Gasteiger partial charge in [-0.3, -0.25) is 24.0 Å². The van der Waals surface area contributed by atoms with Crippen LogP contribution >= 0.6 is 0 Å². The second-order valence-electron chi connectivity index (χ2n) is 14.9. The maximum Gasteiger partial charge on any atom is 0.314 e. The molecular weight excluding hydrogens is 689 g/mol. The van der Waals surface area contributed by atoms with Crippen molar-refractivity contribution in [2.24, 2.45) is 11.3 Å². The first-order valence-corrected chi connectivity index (χ1v) is 18.6. The third-order valence-corrected chi connectivity index (χ3v) is 9.65. The van der Waals surface area contributed by atoms with Gasteiger partial charge in [-0.05, 0) is 100 Å². The van der Waals surface area contributed by atoms with Crippen molar-refractivity contribution < 1.29 is 33.8 Å². The molecule has 0 fully saturated rings. The fourth-order valence-corrected chi connectivity index (χ4v) is 6.34. The Bertz CT molecular complexity index is 2110. The molecular formula is C48H54O7. The van der Waals surface area contributed by atoms with E-state index in [4.69, 9.17) is 9.84 Å². The summed E-state index contributed by atoms with van der Waals surface area (Å²) in [5, 5.41) is 13.1. The van der Waals surface area contributed by atoms with Crippen molar-refractivity contribution >= 4 is 50.8 Å². The molecule has 7 nitrogen and oxygen atoms in total. The Labute approximate surface area is 325 Å². The van der Waals surface area contributed by atoms with Crippen molar-refractivity contribution in [3.05, 3.63) is 145 Å². The Kier molecular flexibility index (Phi) is 16.0. The summed E-state index contributed by atoms with van der Waals surface area (Å²) in [5.74, 6) is -4.04. The van der Waals surface area contributed by atoms with Gasteiger partial charge in [0.15, 0.2) is 17.3 Å². The highest BCUT2D eigenvalue weighted by Crippen LogP contribution is 2.38. The van der Waals surface area contributed by atoms with Crippen LogP contribution in [0.5, 0.6) is 0 Å². The van der Waals surface area contributed by atoms with Gasteiger partial charge < -0.3 is 9.84 Å². The number of ketones is 3. The minimum atomic E-state index is -1.23. The first-order chi connectivity index (χ1) is 26.0. The van der Waals surface area contributed by atoms with Crippen molar-refractivity contribution in [1.82, 2.24) is 0 Å². The lowest BCUT2D eigenvalue weighted by Crippen LogP contribution is -2.39. The van der Waals surface area contributed by atoms with E-state index in [2.05, 4.69) is 19.2 Å². The molecule has 55 heavy (non-hydrogen) atoms. The Hall–Kier alpha value is -5.69. The van der Waals surface area contributed by atoms with Crippen LogP contribution in [0.2, 0.25) is 0 Å². The fourth-order valence-electron chi connectivity index (χ4n) is 6.34. The van der Waals surface area contributed by atoms with E-state index in [9.17, 15) is 24.0 Å². The Morgan fingerprint density at radius 1 is 0.673 bits per heavy atom. The molecule has 288 valence electrons. The van der Waals surface area contributed by atoms with Crippen LogP contribution in [0.1, 0.15) is 101 Å². The van der Waals surface area contributed by atoms with Gasteiger partial charge in [-0.2, -0.15) is 0 Å². The molecule has 0 aliphatic rings. The summed E-state index contributed by atoms with van der Waals surface area (Å²) in [6.45, 7) is 19.3. The molecule has 0 aliphatic heterocycles. The number of rotatable bonds is 18. The molecule has 0 amide bonds. The largest absolute Gasteiger partial charge is 0.481 e. The first-order valence-electron chi connectivity index (χ1n) is 18.6. The maximum absolute atomic E-state index is 13.4. The number of ether oxygens (including phenoxy) is 1. The number of fused-ring (bicyclic) bond motifs is 2. The van der Waals surface area contributed by atoms with Crippen LogP contribution < -0.4 is 0 Å². The number of carbonyl (C=O) groups is 5. The molecule has 1 N–H and O–H groups in total. The van der Waals surface area contributed by atoms with Gasteiger partial charge in [0.05, 0.1) is 5.92 Å². The summed E-state index contributed by atoms with van der Waals surface area (Å²) in [6, 6.07) is 26.2. The molecule has 4 aromatic carbocycles. The molecule has 0 spiro atoms. The highest BCUT2D eigenvalue weighted by atomic mass is 16.6. The maximum atomic E-state index is 13.4. The lowest BCUT2D eigenvalue weighted by Gasteiger charge is -2.33. The Morgan fingerprint density at radius 3 is 1.65 bits per heavy atom. The minimum absolute atomic E-state index is 0.239. The lowest BCUT2D eigenvalue weighted by atomic mass is 9.68. The monoisotopic (exact) mass is 742 g/mol. The van der Waals surface area contributed by atoms with Gasteiger partial charge in [0.1, 0.15) is 18.4 Å². The number of esters is 1. The molecule has 7 heteroatoms. The SMILES string of the molecule is C=CC(C)(CCC=C(C)C)C(C(=O)CC(=O)O)C(=O)c1ccc2ccccc2c1.C=CC(C)(CCC=C(C)C)OC(=O)CC(=O)c1ccc2ccccc2c1. The van der Waals surface area contributed by atoms with E-state index in [-0.39, 0.29) is 18.0 Å². The van der Waals surface area contributed by atoms with Crippen molar-refractivity contribution in [2.75, 3.05) is 0 Å². The first kappa shape index (κ1) is 43.7. The molecule has 0 bridgehead atoms. The third kappa shape index (κ3) is 13.0. The van der Waals surface area contributed by atoms with Crippen molar-refractivity contribution in [2.45, 2.75) is 85.7 Å². The summed E-state index contributed by atoms with van der Waals surface area (Å²) < 4.78 is 5.54. The summed E-state index contributed by atoms with van der Waals surface area (Å²) in [7, 11) is 0. The molecule has 0 aliphatic carbocycles. The van der Waals surface area contributed by atoms with Crippen LogP contribution in [0.15, 0.2) is 134 Å². The zero-order valence-electron chi connectivity index (χ0n) is 33.0. The molecule has 3 unspecified atom stereocenters. The minimum Gasteiger partial charge on any atom is -0.481 e. The summed E-state index contributed by atoms with van der Waals surface area (Å²) in [6.07, 6.45) is 9.05. The number of hydrogen-bond donors (Lipinski definition) is 1. The number of aliphatic carboxylic acids is 1. The van der Waals surface area contributed by atoms with Crippen LogP contribution in [0.3, 0.4) is 0 Å². The number of carboxylic acid groups (broad SMARTS) is 1. The van der Waals surface area contributed by atoms with Crippen LogP contribution in [-0.2, 0) is 19.1 Å². The lowest BCUT2D eigenvalue weighted by molar-refractivity contribution is -0.153. The number of carboxylic acids is 1. The van der Waals surface area contributed by atoms with Gasteiger partial charge in [0.2, 0.25) is 0 Å². The molecule has 0 aromatic heterocycles. The van der Waals surface area contributed by atoms with E-state index in [1.54, 1.807) is 30.4 Å². The van der Waals surface area contributed by atoms with Gasteiger partial charge in [-0.25, -0.2) is 0 Å². The topological polar surface area (TPSA) is 115 Å². The predicted octanol–water partition coefficient (Wildman–Crippen LogP) is 11.3. The molecule has 4 rings (SSSR count). The molecule has 0 radical (unpaired) electrons. The molecule has 3 atom stereocenters. The highest BCUT2D eigenvalue weighted by molar-refractivity contribution is 6.15. The normalized spacial score (nSPS) is 13.4. The second kappa shape index (κ2) is 20.1. The summed E-state index contributed by atoms with van der Waals surface area (Å²) in [5.41, 5.74) is 1.67. The summed E-state index contributed by atoms with van der Waals surface area (Å²) in [4.78, 5) is 62.2. The van der Waals surface area contributed by atoms with E-state index < -0.39 is 41.1 Å². The van der Waals surface area contributed by atoms with Gasteiger partial charge >= 0.3 is 11.9 Å². The zero-order valence-corrected chi connectivity index (χ0v) is 33.0. The standard InChI is InChI=1S/C25H28O4.C23H26O3/c1-5-25(4,14-8-9-17(2)3)23(21(26)16-22(27)28)24(29)20-13-12-18-10-6-7-11-19(18)15-20;1-5-23(4,14-8-9-17(2)3)26-22(25)16-21(24)20-13-12-18-10-6-7-11-19(18)15-20/h5-7,9-13,15,23H,1,8,14,16H2,2-4H3,(H,27,28);5-7,9-13,15H,1,8,14,16H2,2-4H3. The number of Topliss-reactive ketones (excluding diaryl/α,β-unsaturated/α-hetero) is 3. The molecule has 0 saturated carbocycles. The predicted molar refractivity (Wildman–Crippen MR) is 222 cm³/mol. The summed E-state index contributed by atoms with van der Waals surface area (Å²) >= 11 is 0. The number of benzene rings is 4. The molecule has 0 saturated heterocycles. The average molecular weight is 743 g/mol. The van der Waals surface area contributed by atoms with Crippen molar-refractivity contribution in [3.63, 3.8) is 0 Å². The van der Waals surface area contributed by atoms with Crippen molar-refractivity contribution in [1.29, 1.82) is 0 Å². The van der Waals surface area contributed by atoms with Gasteiger partial charge in [-0.1, -0.05) is 116 Å². The van der Waals surface area contributed by atoms with E-state index >= 15 is 0 Å². The van der Waals surface area contributed by atoms with Gasteiger partial charge in [0, 0.05) is 16.5 Å². The Morgan fingerprint density at radius 2 is 1.16 bits per heavy atom. The number of carbonyl (C=O) groups excluding carboxylic acids is 4. The van der Waals surface area contributed by atoms with Crippen LogP contribution in [-0.4, -0.2) is 40.0 Å². The fraction of sp³-hybridized carbons (Fsp3) is 0.312. The number of allylic oxidation sites excluding steroid dienone is 5.